The average Bonchev–Trinajstić information content (AvgIpc) is 2.75. The number of anilines is 1. The Hall–Kier alpha value is -2.26. The Morgan fingerprint density at radius 3 is 2.37 bits per heavy atom. The van der Waals surface area contributed by atoms with E-state index in [-0.39, 0.29) is 29.8 Å². The Morgan fingerprint density at radius 1 is 1.00 bits per heavy atom. The van der Waals surface area contributed by atoms with Crippen LogP contribution in [0.3, 0.4) is 0 Å². The lowest BCUT2D eigenvalue weighted by atomic mass is 9.89. The molecule has 1 aliphatic heterocycles. The van der Waals surface area contributed by atoms with Crippen LogP contribution in [0.4, 0.5) is 19.0 Å². The topological polar surface area (TPSA) is 74.2 Å². The summed E-state index contributed by atoms with van der Waals surface area (Å²) in [6.07, 6.45) is 3.83. The molecular weight excluding hydrogens is 395 g/mol. The number of hydrogen-bond acceptors (Lipinski definition) is 6. The number of hydrogen-bond donors (Lipinski definition) is 2. The molecule has 9 heteroatoms. The molecule has 2 atom stereocenters. The van der Waals surface area contributed by atoms with E-state index in [4.69, 9.17) is 0 Å². The van der Waals surface area contributed by atoms with Crippen molar-refractivity contribution in [2.45, 2.75) is 62.9 Å². The molecule has 1 aliphatic carbocycles. The number of likely N-dealkylation sites (tertiary alicyclic amines) is 1. The van der Waals surface area contributed by atoms with Gasteiger partial charge >= 0.3 is 6.18 Å². The second-order valence-corrected chi connectivity index (χ2v) is 8.07. The zero-order valence-electron chi connectivity index (χ0n) is 16.6. The molecule has 0 bridgehead atoms. The van der Waals surface area contributed by atoms with Gasteiger partial charge in [-0.15, -0.1) is 0 Å². The summed E-state index contributed by atoms with van der Waals surface area (Å²) in [7, 11) is 0. The quantitative estimate of drug-likeness (QED) is 0.784. The van der Waals surface area contributed by atoms with Gasteiger partial charge in [0.1, 0.15) is 5.82 Å². The molecule has 4 rings (SSSR count). The second-order valence-electron chi connectivity index (χ2n) is 8.07. The second kappa shape index (κ2) is 8.85. The molecule has 2 aromatic rings. The SMILES string of the molecule is OC1CCCCC1N1CCC(Nc2cc(C(F)(F)F)nc(-c3ccncc3)n2)CC1. The largest absolute Gasteiger partial charge is 0.433 e. The molecule has 2 aromatic heterocycles. The van der Waals surface area contributed by atoms with E-state index >= 15 is 0 Å². The Kier molecular flexibility index (Phi) is 6.19. The van der Waals surface area contributed by atoms with Gasteiger partial charge in [-0.05, 0) is 37.8 Å². The van der Waals surface area contributed by atoms with Crippen molar-refractivity contribution in [1.82, 2.24) is 19.9 Å². The van der Waals surface area contributed by atoms with Crippen LogP contribution in [-0.2, 0) is 6.18 Å². The first kappa shape index (κ1) is 21.0. The van der Waals surface area contributed by atoms with E-state index in [9.17, 15) is 18.3 Å². The van der Waals surface area contributed by atoms with E-state index in [2.05, 4.69) is 25.2 Å². The molecule has 0 radical (unpaired) electrons. The predicted octanol–water partition coefficient (Wildman–Crippen LogP) is 3.74. The van der Waals surface area contributed by atoms with Gasteiger partial charge in [-0.1, -0.05) is 12.8 Å². The molecule has 3 heterocycles. The Labute approximate surface area is 173 Å². The van der Waals surface area contributed by atoms with Crippen molar-refractivity contribution in [3.63, 3.8) is 0 Å². The fourth-order valence-corrected chi connectivity index (χ4v) is 4.40. The van der Waals surface area contributed by atoms with Crippen molar-refractivity contribution in [2.24, 2.45) is 0 Å². The van der Waals surface area contributed by atoms with Gasteiger partial charge in [0.05, 0.1) is 6.10 Å². The highest BCUT2D eigenvalue weighted by molar-refractivity contribution is 5.57. The first-order chi connectivity index (χ1) is 14.4. The molecule has 2 fully saturated rings. The molecule has 2 aliphatic rings. The number of aromatic nitrogens is 3. The monoisotopic (exact) mass is 421 g/mol. The predicted molar refractivity (Wildman–Crippen MR) is 107 cm³/mol. The number of halogens is 3. The number of aliphatic hydroxyl groups excluding tert-OH is 1. The van der Waals surface area contributed by atoms with Gasteiger partial charge in [0.25, 0.3) is 0 Å². The maximum absolute atomic E-state index is 13.4. The Bertz CT molecular complexity index is 840. The molecule has 2 unspecified atom stereocenters. The molecule has 0 spiro atoms. The summed E-state index contributed by atoms with van der Waals surface area (Å²) < 4.78 is 40.1. The summed E-state index contributed by atoms with van der Waals surface area (Å²) >= 11 is 0. The van der Waals surface area contributed by atoms with Crippen LogP contribution >= 0.6 is 0 Å². The smallest absolute Gasteiger partial charge is 0.391 e. The summed E-state index contributed by atoms with van der Waals surface area (Å²) in [4.78, 5) is 14.3. The minimum atomic E-state index is -4.55. The lowest BCUT2D eigenvalue weighted by Gasteiger charge is -2.41. The third-order valence-corrected chi connectivity index (χ3v) is 6.00. The van der Waals surface area contributed by atoms with E-state index in [1.807, 2.05) is 0 Å². The number of piperidine rings is 1. The highest BCUT2D eigenvalue weighted by atomic mass is 19.4. The van der Waals surface area contributed by atoms with Gasteiger partial charge in [0.15, 0.2) is 11.5 Å². The standard InChI is InChI=1S/C21H26F3N5O/c22-21(23,24)18-13-19(28-20(27-18)14-5-9-25-10-6-14)26-15-7-11-29(12-8-15)16-3-1-2-4-17(16)30/h5-6,9-10,13,15-17,30H,1-4,7-8,11-12H2,(H,26,27,28). The van der Waals surface area contributed by atoms with Crippen LogP contribution in [0.1, 0.15) is 44.2 Å². The Balaban J connectivity index is 1.47. The third kappa shape index (κ3) is 4.89. The van der Waals surface area contributed by atoms with E-state index < -0.39 is 11.9 Å². The van der Waals surface area contributed by atoms with Crippen molar-refractivity contribution < 1.29 is 18.3 Å². The highest BCUT2D eigenvalue weighted by Crippen LogP contribution is 2.32. The van der Waals surface area contributed by atoms with Crippen LogP contribution in [0.5, 0.6) is 0 Å². The maximum atomic E-state index is 13.4. The molecule has 0 amide bonds. The van der Waals surface area contributed by atoms with Gasteiger partial charge in [0.2, 0.25) is 0 Å². The van der Waals surface area contributed by atoms with Crippen molar-refractivity contribution >= 4 is 5.82 Å². The van der Waals surface area contributed by atoms with Crippen LogP contribution in [0, 0.1) is 0 Å². The zero-order chi connectivity index (χ0) is 21.1. The molecule has 30 heavy (non-hydrogen) atoms. The zero-order valence-corrected chi connectivity index (χ0v) is 16.6. The minimum Gasteiger partial charge on any atom is -0.391 e. The van der Waals surface area contributed by atoms with E-state index in [0.29, 0.717) is 5.56 Å². The van der Waals surface area contributed by atoms with Crippen molar-refractivity contribution in [1.29, 1.82) is 0 Å². The molecule has 1 saturated heterocycles. The van der Waals surface area contributed by atoms with Gasteiger partial charge < -0.3 is 10.4 Å². The normalized spacial score (nSPS) is 24.0. The molecule has 0 aromatic carbocycles. The summed E-state index contributed by atoms with van der Waals surface area (Å²) in [5.41, 5.74) is -0.477. The number of pyridine rings is 1. The maximum Gasteiger partial charge on any atom is 0.433 e. The molecule has 2 N–H and O–H groups in total. The van der Waals surface area contributed by atoms with E-state index in [1.54, 1.807) is 12.1 Å². The molecule has 6 nitrogen and oxygen atoms in total. The number of nitrogens with zero attached hydrogens (tertiary/aromatic N) is 4. The van der Waals surface area contributed by atoms with Crippen molar-refractivity contribution in [3.05, 3.63) is 36.3 Å². The third-order valence-electron chi connectivity index (χ3n) is 6.00. The minimum absolute atomic E-state index is 0.0255. The number of aliphatic hydroxyl groups is 1. The fraction of sp³-hybridized carbons (Fsp3) is 0.571. The molecule has 162 valence electrons. The summed E-state index contributed by atoms with van der Waals surface area (Å²) in [5, 5.41) is 13.5. The highest BCUT2D eigenvalue weighted by Gasteiger charge is 2.35. The van der Waals surface area contributed by atoms with Crippen LogP contribution in [0.15, 0.2) is 30.6 Å². The lowest BCUT2D eigenvalue weighted by Crippen LogP contribution is -2.50. The van der Waals surface area contributed by atoms with Crippen LogP contribution < -0.4 is 5.32 Å². The van der Waals surface area contributed by atoms with E-state index in [0.717, 1.165) is 57.7 Å². The van der Waals surface area contributed by atoms with E-state index in [1.165, 1.54) is 12.4 Å². The number of alkyl halides is 3. The summed E-state index contributed by atoms with van der Waals surface area (Å²) in [6, 6.07) is 4.39. The summed E-state index contributed by atoms with van der Waals surface area (Å²) in [6.45, 7) is 1.63. The van der Waals surface area contributed by atoms with Gasteiger partial charge in [-0.2, -0.15) is 13.2 Å². The van der Waals surface area contributed by atoms with Crippen LogP contribution in [0.2, 0.25) is 0 Å². The van der Waals surface area contributed by atoms with Crippen LogP contribution in [0.25, 0.3) is 11.4 Å². The van der Waals surface area contributed by atoms with Gasteiger partial charge in [-0.25, -0.2) is 9.97 Å². The number of nitrogens with one attached hydrogen (secondary N) is 1. The first-order valence-electron chi connectivity index (χ1n) is 10.5. The lowest BCUT2D eigenvalue weighted by molar-refractivity contribution is -0.141. The molecular formula is C21H26F3N5O. The van der Waals surface area contributed by atoms with Gasteiger partial charge in [0, 0.05) is 49.2 Å². The van der Waals surface area contributed by atoms with Gasteiger partial charge in [-0.3, -0.25) is 9.88 Å². The average molecular weight is 421 g/mol. The van der Waals surface area contributed by atoms with Crippen molar-refractivity contribution in [3.8, 4) is 11.4 Å². The fourth-order valence-electron chi connectivity index (χ4n) is 4.40. The number of rotatable bonds is 4. The van der Waals surface area contributed by atoms with Crippen molar-refractivity contribution in [2.75, 3.05) is 18.4 Å². The summed E-state index contributed by atoms with van der Waals surface area (Å²) in [5.74, 6) is 0.206. The van der Waals surface area contributed by atoms with Crippen LogP contribution in [-0.4, -0.2) is 56.2 Å². The Morgan fingerprint density at radius 2 is 1.70 bits per heavy atom. The molecule has 1 saturated carbocycles. The first-order valence-corrected chi connectivity index (χ1v) is 10.5.